The number of carbonyl (C=O) groups excluding carboxylic acids is 5. The molecule has 528 valence electrons. The summed E-state index contributed by atoms with van der Waals surface area (Å²) in [5, 5.41) is 2.94. The fourth-order valence-corrected chi connectivity index (χ4v) is 14.8. The molecule has 0 bridgehead atoms. The molecular formula is C76H87F7N8O8. The van der Waals surface area contributed by atoms with Crippen LogP contribution in [0, 0.1) is 5.82 Å². The minimum absolute atomic E-state index is 0.0262. The SMILES string of the molecule is CN(CCN1CCC(OC(=O)Nc2ccccc2-c2ccccc2)CC1)C(=O)CCCCCN1CCc2cc(C(=O)N(C)CCCN(C)C(=O)CO[C@H]3Cc4ccccc4C34CCN(CC[C@]3(c5ccc(F)cc5)CN(C(=O)c5cc(C(F)(F)F)cc(C(F)(F)F)c5)CO3)CC4)ccc21. The first-order chi connectivity index (χ1) is 47.4. The zero-order valence-electron chi connectivity index (χ0n) is 56.4. The van der Waals surface area contributed by atoms with E-state index < -0.39 is 64.6 Å². The van der Waals surface area contributed by atoms with Gasteiger partial charge >= 0.3 is 18.4 Å². The second-order valence-corrected chi connectivity index (χ2v) is 27.1. The van der Waals surface area contributed by atoms with Gasteiger partial charge in [0.15, 0.2) is 0 Å². The Labute approximate surface area is 573 Å². The van der Waals surface area contributed by atoms with E-state index >= 15 is 0 Å². The molecule has 0 unspecified atom stereocenters. The molecule has 0 saturated carbocycles. The quantitative estimate of drug-likeness (QED) is 0.0431. The van der Waals surface area contributed by atoms with E-state index in [1.807, 2.05) is 96.9 Å². The van der Waals surface area contributed by atoms with Crippen molar-refractivity contribution in [2.75, 3.05) is 123 Å². The highest BCUT2D eigenvalue weighted by Crippen LogP contribution is 2.49. The number of benzene rings is 6. The summed E-state index contributed by atoms with van der Waals surface area (Å²) in [4.78, 5) is 80.4. The van der Waals surface area contributed by atoms with Crippen LogP contribution in [0.4, 0.5) is 46.9 Å². The number of piperidine rings is 2. The number of hydrogen-bond acceptors (Lipinski definition) is 11. The van der Waals surface area contributed by atoms with Crippen LogP contribution < -0.4 is 10.2 Å². The lowest BCUT2D eigenvalue weighted by Crippen LogP contribution is -2.50. The van der Waals surface area contributed by atoms with E-state index in [4.69, 9.17) is 14.2 Å². The fourth-order valence-electron chi connectivity index (χ4n) is 14.8. The number of alkyl halides is 6. The number of nitrogens with one attached hydrogen (secondary N) is 1. The van der Waals surface area contributed by atoms with Gasteiger partial charge in [0.2, 0.25) is 11.8 Å². The highest BCUT2D eigenvalue weighted by molar-refractivity contribution is 5.96. The molecule has 11 rings (SSSR count). The van der Waals surface area contributed by atoms with Gasteiger partial charge < -0.3 is 48.5 Å². The maximum atomic E-state index is 14.3. The van der Waals surface area contributed by atoms with Gasteiger partial charge in [-0.05, 0) is 160 Å². The zero-order chi connectivity index (χ0) is 70.1. The van der Waals surface area contributed by atoms with Crippen LogP contribution >= 0.6 is 0 Å². The Bertz CT molecular complexity index is 3770. The highest BCUT2D eigenvalue weighted by atomic mass is 19.4. The van der Waals surface area contributed by atoms with E-state index in [1.165, 1.54) is 29.8 Å². The summed E-state index contributed by atoms with van der Waals surface area (Å²) in [5.74, 6) is -1.75. The number of nitrogens with zero attached hydrogens (tertiary/aromatic N) is 7. The lowest BCUT2D eigenvalue weighted by atomic mass is 9.72. The number of carbonyl (C=O) groups is 5. The number of unbranched alkanes of at least 4 members (excludes halogenated alkanes) is 2. The summed E-state index contributed by atoms with van der Waals surface area (Å²) in [7, 11) is 5.37. The zero-order valence-corrected chi connectivity index (χ0v) is 56.4. The molecule has 1 spiro atoms. The molecule has 5 aliphatic rings. The van der Waals surface area contributed by atoms with E-state index in [-0.39, 0.29) is 55.6 Å². The number of ether oxygens (including phenoxy) is 3. The van der Waals surface area contributed by atoms with E-state index in [0.29, 0.717) is 100 Å². The molecule has 0 radical (unpaired) electrons. The molecule has 3 fully saturated rings. The molecule has 4 aliphatic heterocycles. The third-order valence-corrected chi connectivity index (χ3v) is 20.6. The van der Waals surface area contributed by atoms with E-state index in [9.17, 15) is 54.7 Å². The first-order valence-electron chi connectivity index (χ1n) is 34.3. The fraction of sp³-hybridized carbons (Fsp3) is 0.461. The number of amides is 5. The highest BCUT2D eigenvalue weighted by Gasteiger charge is 2.50. The van der Waals surface area contributed by atoms with Crippen molar-refractivity contribution >= 4 is 41.1 Å². The molecule has 1 N–H and O–H groups in total. The van der Waals surface area contributed by atoms with Crippen molar-refractivity contribution in [3.8, 4) is 11.1 Å². The number of halogens is 7. The van der Waals surface area contributed by atoms with Crippen molar-refractivity contribution in [3.05, 3.63) is 190 Å². The van der Waals surface area contributed by atoms with Gasteiger partial charge in [0, 0.05) is 114 Å². The largest absolute Gasteiger partial charge is 0.446 e. The number of anilines is 2. The Balaban J connectivity index is 0.578. The Morgan fingerprint density at radius 1 is 0.636 bits per heavy atom. The number of fused-ring (bicyclic) bond motifs is 3. The average molecular weight is 1370 g/mol. The van der Waals surface area contributed by atoms with Crippen molar-refractivity contribution in [2.24, 2.45) is 0 Å². The lowest BCUT2D eigenvalue weighted by Gasteiger charge is -2.44. The maximum absolute atomic E-state index is 14.3. The van der Waals surface area contributed by atoms with Gasteiger partial charge in [0.25, 0.3) is 11.8 Å². The predicted molar refractivity (Wildman–Crippen MR) is 362 cm³/mol. The standard InChI is InChI=1S/C76H87F7N8O8/c1-85(34-14-35-87(3)70(94)56-22-27-66-55(45-56)28-39-90(66)36-13-5-8-21-68(92)86(2)43-44-88-37-29-62(30-38-88)99-72(96)84-65-20-12-10-18-63(65)53-15-6-4-7-16-53)69(93)50-97-67-48-54-17-9-11-19-64(54)73(67)31-40-89(41-32-73)42-33-74(58-23-25-61(77)26-24-58)51-91(52-98-74)71(95)57-46-59(75(78,79)80)49-60(47-57)76(81,82)83/h4,6-7,9-12,15-20,22-27,45-47,49,62,67H,5,8,13-14,21,28-44,48,50-52H2,1-3H3,(H,84,96)/t67-,74+/m0/s1. The summed E-state index contributed by atoms with van der Waals surface area (Å²) < 4.78 is 116. The van der Waals surface area contributed by atoms with Gasteiger partial charge in [-0.15, -0.1) is 0 Å². The van der Waals surface area contributed by atoms with E-state index in [0.717, 1.165) is 104 Å². The second-order valence-electron chi connectivity index (χ2n) is 27.1. The summed E-state index contributed by atoms with van der Waals surface area (Å²) >= 11 is 0. The number of hydrogen-bond donors (Lipinski definition) is 1. The molecule has 99 heavy (non-hydrogen) atoms. The Morgan fingerprint density at radius 2 is 1.30 bits per heavy atom. The van der Waals surface area contributed by atoms with E-state index in [1.54, 1.807) is 23.9 Å². The van der Waals surface area contributed by atoms with Crippen LogP contribution in [-0.4, -0.2) is 184 Å². The van der Waals surface area contributed by atoms with Crippen molar-refractivity contribution < 1.29 is 68.9 Å². The molecule has 23 heteroatoms. The van der Waals surface area contributed by atoms with Gasteiger partial charge in [-0.2, -0.15) is 26.3 Å². The molecule has 3 saturated heterocycles. The van der Waals surface area contributed by atoms with Gasteiger partial charge in [0.1, 0.15) is 30.9 Å². The maximum Gasteiger partial charge on any atom is 0.416 e. The normalized spacial score (nSPS) is 18.7. The minimum Gasteiger partial charge on any atom is -0.446 e. The topological polar surface area (TPSA) is 148 Å². The van der Waals surface area contributed by atoms with Gasteiger partial charge in [-0.1, -0.05) is 91.3 Å². The summed E-state index contributed by atoms with van der Waals surface area (Å²) in [6, 6.07) is 37.9. The lowest BCUT2D eigenvalue weighted by molar-refractivity contribution is -0.143. The molecular weight excluding hydrogens is 1290 g/mol. The number of rotatable bonds is 25. The van der Waals surface area contributed by atoms with Crippen molar-refractivity contribution in [2.45, 2.75) is 113 Å². The third kappa shape index (κ3) is 17.4. The number of likely N-dealkylation sites (tertiary alicyclic amines) is 2. The second kappa shape index (κ2) is 31.4. The molecule has 1 aliphatic carbocycles. The van der Waals surface area contributed by atoms with Crippen LogP contribution in [0.1, 0.15) is 118 Å². The number of para-hydroxylation sites is 1. The van der Waals surface area contributed by atoms with Crippen LogP contribution in [0.2, 0.25) is 0 Å². The molecule has 6 aromatic carbocycles. The van der Waals surface area contributed by atoms with Gasteiger partial charge in [-0.25, -0.2) is 9.18 Å². The predicted octanol–water partition coefficient (Wildman–Crippen LogP) is 12.9. The van der Waals surface area contributed by atoms with Crippen LogP contribution in [0.5, 0.6) is 0 Å². The first-order valence-corrected chi connectivity index (χ1v) is 34.3. The molecule has 2 atom stereocenters. The molecule has 4 heterocycles. The smallest absolute Gasteiger partial charge is 0.416 e. The first kappa shape index (κ1) is 71.9. The summed E-state index contributed by atoms with van der Waals surface area (Å²) in [5.41, 5.74) is 2.66. The van der Waals surface area contributed by atoms with Crippen molar-refractivity contribution in [1.82, 2.24) is 29.4 Å². The number of likely N-dealkylation sites (N-methyl/N-ethyl adjacent to an activating group) is 2. The summed E-state index contributed by atoms with van der Waals surface area (Å²) in [6.45, 7) is 6.40. The van der Waals surface area contributed by atoms with E-state index in [2.05, 4.69) is 32.1 Å². The Hall–Kier alpha value is -8.38. The van der Waals surface area contributed by atoms with Crippen LogP contribution in [0.3, 0.4) is 0 Å². The van der Waals surface area contributed by atoms with Crippen molar-refractivity contribution in [1.29, 1.82) is 0 Å². The molecule has 16 nitrogen and oxygen atoms in total. The van der Waals surface area contributed by atoms with Crippen LogP contribution in [-0.2, 0) is 60.0 Å². The average Bonchev–Trinajstić information content (AvgIpc) is 1.61. The Morgan fingerprint density at radius 3 is 2.03 bits per heavy atom. The summed E-state index contributed by atoms with van der Waals surface area (Å²) in [6.07, 6.45) is -2.99. The molecule has 6 aromatic rings. The Kier molecular flexibility index (Phi) is 22.8. The molecule has 0 aromatic heterocycles. The third-order valence-electron chi connectivity index (χ3n) is 20.6. The monoisotopic (exact) mass is 1370 g/mol. The van der Waals surface area contributed by atoms with Crippen LogP contribution in [0.25, 0.3) is 11.1 Å². The van der Waals surface area contributed by atoms with Crippen LogP contribution in [0.15, 0.2) is 140 Å². The minimum atomic E-state index is -5.15. The van der Waals surface area contributed by atoms with Gasteiger partial charge in [0.05, 0.1) is 29.5 Å². The van der Waals surface area contributed by atoms with Gasteiger partial charge in [-0.3, -0.25) is 24.5 Å². The molecule has 5 amide bonds. The van der Waals surface area contributed by atoms with Crippen molar-refractivity contribution in [3.63, 3.8) is 0 Å².